The Balaban J connectivity index is 2.07. The Hall–Kier alpha value is -3.11. The zero-order valence-electron chi connectivity index (χ0n) is 14.4. The molecule has 1 atom stereocenters. The third-order valence-electron chi connectivity index (χ3n) is 4.11. The maximum absolute atomic E-state index is 12.5. The van der Waals surface area contributed by atoms with Crippen LogP contribution in [0.15, 0.2) is 53.0 Å². The number of carbonyl (C=O) groups is 2. The molecule has 1 aromatic carbocycles. The van der Waals surface area contributed by atoms with Crippen LogP contribution in [0.2, 0.25) is 0 Å². The molecule has 0 fully saturated rings. The van der Waals surface area contributed by atoms with Crippen molar-refractivity contribution in [1.29, 1.82) is 5.26 Å². The largest absolute Gasteiger partial charge is 0.338 e. The molecule has 1 aliphatic heterocycles. The number of allylic oxidation sites excluding steroid dienone is 1. The number of nitrogens with one attached hydrogen (secondary N) is 2. The molecule has 1 aliphatic rings. The van der Waals surface area contributed by atoms with Crippen LogP contribution >= 0.6 is 11.3 Å². The Morgan fingerprint density at radius 1 is 1.35 bits per heavy atom. The van der Waals surface area contributed by atoms with Crippen LogP contribution in [0.5, 0.6) is 0 Å². The minimum atomic E-state index is -0.734. The fraction of sp³-hybridized carbons (Fsp3) is 0.211. The van der Waals surface area contributed by atoms with Gasteiger partial charge in [0.15, 0.2) is 0 Å². The predicted octanol–water partition coefficient (Wildman–Crippen LogP) is 4.01. The monoisotopic (exact) mass is 366 g/mol. The van der Waals surface area contributed by atoms with Gasteiger partial charge in [-0.25, -0.2) is 14.5 Å². The van der Waals surface area contributed by atoms with Gasteiger partial charge >= 0.3 is 12.1 Å². The molecule has 2 heterocycles. The smallest absolute Gasteiger partial charge is 0.330 e. The summed E-state index contributed by atoms with van der Waals surface area (Å²) in [6.07, 6.45) is 0. The molecule has 2 N–H and O–H groups in total. The van der Waals surface area contributed by atoms with Crippen molar-refractivity contribution in [2.24, 2.45) is 0 Å². The van der Waals surface area contributed by atoms with Gasteiger partial charge in [0, 0.05) is 17.1 Å². The topological polar surface area (TPSA) is 85.2 Å². The number of imide groups is 1. The molecule has 0 radical (unpaired) electrons. The minimum absolute atomic E-state index is 0.359. The lowest BCUT2D eigenvalue weighted by Crippen LogP contribution is -2.53. The molecule has 1 aromatic heterocycles. The standard InChI is InChI=1S/C19H18N4O2S/c1-3-21-18(24)23-17(15(10-20)12(2)22-19(23)25)16-9-14(11-26-16)13-7-5-4-6-8-13/h4-9,11,17H,3H2,1-2H3,(H,21,24)(H,22,25). The van der Waals surface area contributed by atoms with Crippen LogP contribution in [0.4, 0.5) is 9.59 Å². The fourth-order valence-electron chi connectivity index (χ4n) is 2.88. The van der Waals surface area contributed by atoms with Gasteiger partial charge in [-0.15, -0.1) is 11.3 Å². The summed E-state index contributed by atoms with van der Waals surface area (Å²) in [6, 6.07) is 12.1. The summed E-state index contributed by atoms with van der Waals surface area (Å²) in [5.41, 5.74) is 2.86. The summed E-state index contributed by atoms with van der Waals surface area (Å²) < 4.78 is 0. The van der Waals surface area contributed by atoms with Gasteiger partial charge in [-0.05, 0) is 36.4 Å². The van der Waals surface area contributed by atoms with Crippen molar-refractivity contribution in [2.45, 2.75) is 19.9 Å². The second-order valence-corrected chi connectivity index (χ2v) is 6.74. The molecule has 0 bridgehead atoms. The maximum Gasteiger partial charge on any atom is 0.330 e. The zero-order valence-corrected chi connectivity index (χ0v) is 15.3. The molecule has 132 valence electrons. The van der Waals surface area contributed by atoms with Gasteiger partial charge in [-0.3, -0.25) is 0 Å². The van der Waals surface area contributed by atoms with Crippen molar-refractivity contribution in [3.8, 4) is 17.2 Å². The first-order chi connectivity index (χ1) is 12.6. The summed E-state index contributed by atoms with van der Waals surface area (Å²) in [5.74, 6) is 0. The van der Waals surface area contributed by atoms with Crippen LogP contribution in [0.3, 0.4) is 0 Å². The van der Waals surface area contributed by atoms with E-state index in [1.165, 1.54) is 11.3 Å². The molecular formula is C19H18N4O2S. The average Bonchev–Trinajstić information content (AvgIpc) is 3.12. The van der Waals surface area contributed by atoms with E-state index in [2.05, 4.69) is 16.7 Å². The summed E-state index contributed by atoms with van der Waals surface area (Å²) in [5, 5.41) is 16.8. The fourth-order valence-corrected chi connectivity index (χ4v) is 3.89. The third-order valence-corrected chi connectivity index (χ3v) is 5.10. The van der Waals surface area contributed by atoms with E-state index in [-0.39, 0.29) is 0 Å². The molecule has 0 saturated carbocycles. The second-order valence-electron chi connectivity index (χ2n) is 5.79. The Morgan fingerprint density at radius 2 is 2.08 bits per heavy atom. The van der Waals surface area contributed by atoms with Crippen molar-refractivity contribution in [1.82, 2.24) is 15.5 Å². The normalized spacial score (nSPS) is 16.9. The van der Waals surface area contributed by atoms with E-state index >= 15 is 0 Å². The maximum atomic E-state index is 12.5. The van der Waals surface area contributed by atoms with Gasteiger partial charge in [0.1, 0.15) is 6.04 Å². The van der Waals surface area contributed by atoms with E-state index in [0.29, 0.717) is 17.8 Å². The van der Waals surface area contributed by atoms with Crippen LogP contribution in [0.25, 0.3) is 11.1 Å². The SMILES string of the molecule is CCNC(=O)N1C(=O)NC(C)=C(C#N)C1c1cc(-c2ccccc2)cs1. The lowest BCUT2D eigenvalue weighted by atomic mass is 9.99. The van der Waals surface area contributed by atoms with Gasteiger partial charge < -0.3 is 10.6 Å². The van der Waals surface area contributed by atoms with Crippen LogP contribution in [-0.4, -0.2) is 23.5 Å². The summed E-state index contributed by atoms with van der Waals surface area (Å²) in [7, 11) is 0. The molecule has 7 heteroatoms. The van der Waals surface area contributed by atoms with Crippen LogP contribution in [-0.2, 0) is 0 Å². The first-order valence-corrected chi connectivity index (χ1v) is 9.07. The van der Waals surface area contributed by atoms with Crippen molar-refractivity contribution >= 4 is 23.4 Å². The number of nitriles is 1. The highest BCUT2D eigenvalue weighted by Crippen LogP contribution is 2.38. The molecule has 3 rings (SSSR count). The number of rotatable bonds is 3. The van der Waals surface area contributed by atoms with E-state index in [4.69, 9.17) is 0 Å². The number of benzene rings is 1. The third kappa shape index (κ3) is 3.19. The molecule has 0 saturated heterocycles. The van der Waals surface area contributed by atoms with Gasteiger partial charge in [0.2, 0.25) is 0 Å². The lowest BCUT2D eigenvalue weighted by molar-refractivity contribution is 0.174. The Bertz CT molecular complexity index is 911. The average molecular weight is 366 g/mol. The van der Waals surface area contributed by atoms with Gasteiger partial charge in [-0.2, -0.15) is 5.26 Å². The van der Waals surface area contributed by atoms with E-state index in [9.17, 15) is 14.9 Å². The highest BCUT2D eigenvalue weighted by Gasteiger charge is 2.39. The zero-order chi connectivity index (χ0) is 18.7. The van der Waals surface area contributed by atoms with Gasteiger partial charge in [0.05, 0.1) is 11.6 Å². The molecule has 6 nitrogen and oxygen atoms in total. The predicted molar refractivity (Wildman–Crippen MR) is 100 cm³/mol. The van der Waals surface area contributed by atoms with Gasteiger partial charge in [-0.1, -0.05) is 30.3 Å². The van der Waals surface area contributed by atoms with E-state index < -0.39 is 18.1 Å². The number of amides is 4. The first kappa shape index (κ1) is 17.7. The van der Waals surface area contributed by atoms with Gasteiger partial charge in [0.25, 0.3) is 0 Å². The Labute approximate surface area is 155 Å². The quantitative estimate of drug-likeness (QED) is 0.861. The summed E-state index contributed by atoms with van der Waals surface area (Å²) >= 11 is 1.43. The number of thiophene rings is 1. The molecule has 0 aliphatic carbocycles. The van der Waals surface area contributed by atoms with Crippen molar-refractivity contribution in [2.75, 3.05) is 6.54 Å². The number of carbonyl (C=O) groups excluding carboxylic acids is 2. The molecule has 2 aromatic rings. The van der Waals surface area contributed by atoms with E-state index in [1.807, 2.05) is 41.8 Å². The molecule has 26 heavy (non-hydrogen) atoms. The molecule has 1 unspecified atom stereocenters. The number of hydrogen-bond donors (Lipinski definition) is 2. The number of hydrogen-bond acceptors (Lipinski definition) is 4. The summed E-state index contributed by atoms with van der Waals surface area (Å²) in [4.78, 5) is 26.8. The van der Waals surface area contributed by atoms with Crippen molar-refractivity contribution in [3.63, 3.8) is 0 Å². The summed E-state index contributed by atoms with van der Waals surface area (Å²) in [6.45, 7) is 3.84. The Kier molecular flexibility index (Phi) is 5.05. The highest BCUT2D eigenvalue weighted by molar-refractivity contribution is 7.10. The lowest BCUT2D eigenvalue weighted by Gasteiger charge is -2.33. The van der Waals surface area contributed by atoms with Crippen molar-refractivity contribution < 1.29 is 9.59 Å². The highest BCUT2D eigenvalue weighted by atomic mass is 32.1. The Morgan fingerprint density at radius 3 is 2.73 bits per heavy atom. The van der Waals surface area contributed by atoms with Crippen LogP contribution in [0, 0.1) is 11.3 Å². The number of urea groups is 2. The molecule has 4 amide bonds. The molecular weight excluding hydrogens is 348 g/mol. The second kappa shape index (κ2) is 7.42. The molecule has 0 spiro atoms. The van der Waals surface area contributed by atoms with Crippen LogP contribution in [0.1, 0.15) is 24.8 Å². The van der Waals surface area contributed by atoms with E-state index in [0.717, 1.165) is 20.9 Å². The first-order valence-electron chi connectivity index (χ1n) is 8.19. The van der Waals surface area contributed by atoms with Crippen molar-refractivity contribution in [3.05, 3.63) is 57.9 Å². The minimum Gasteiger partial charge on any atom is -0.338 e. The van der Waals surface area contributed by atoms with Crippen LogP contribution < -0.4 is 10.6 Å². The van der Waals surface area contributed by atoms with E-state index in [1.54, 1.807) is 13.8 Å². The number of nitrogens with zero attached hydrogens (tertiary/aromatic N) is 2.